The number of fused-ring (bicyclic) bond motifs is 1. The van der Waals surface area contributed by atoms with Crippen LogP contribution in [0, 0.1) is 0 Å². The molecule has 0 radical (unpaired) electrons. The lowest BCUT2D eigenvalue weighted by Gasteiger charge is -2.16. The molecule has 136 valence electrons. The van der Waals surface area contributed by atoms with E-state index in [0.717, 1.165) is 0 Å². The van der Waals surface area contributed by atoms with Gasteiger partial charge in [0.2, 0.25) is 0 Å². The third kappa shape index (κ3) is 2.71. The fourth-order valence-electron chi connectivity index (χ4n) is 2.90. The van der Waals surface area contributed by atoms with Crippen molar-refractivity contribution in [1.82, 2.24) is 29.1 Å². The Balaban J connectivity index is 1.67. The number of carbonyl (C=O) groups excluding carboxylic acids is 1. The Bertz CT molecular complexity index is 926. The van der Waals surface area contributed by atoms with Gasteiger partial charge >= 0.3 is 5.97 Å². The van der Waals surface area contributed by atoms with E-state index in [-0.39, 0.29) is 6.61 Å². The zero-order valence-electron chi connectivity index (χ0n) is 13.7. The van der Waals surface area contributed by atoms with Gasteiger partial charge in [-0.15, -0.1) is 0 Å². The number of imidazole rings is 2. The molecule has 0 saturated carbocycles. The number of hydrogen-bond donors (Lipinski definition) is 2. The molecular weight excluding hydrogens is 344 g/mol. The molecule has 4 rings (SSSR count). The number of rotatable bonds is 4. The van der Waals surface area contributed by atoms with Crippen molar-refractivity contribution in [2.24, 2.45) is 0 Å². The number of aliphatic hydroxyl groups is 2. The van der Waals surface area contributed by atoms with Gasteiger partial charge in [0.1, 0.15) is 37.6 Å². The van der Waals surface area contributed by atoms with Crippen LogP contribution in [0.15, 0.2) is 31.4 Å². The number of hydrogen-bond acceptors (Lipinski definition) is 9. The van der Waals surface area contributed by atoms with Crippen LogP contribution in [0.2, 0.25) is 0 Å². The lowest BCUT2D eigenvalue weighted by Crippen LogP contribution is -2.34. The number of ether oxygens (including phenoxy) is 2. The quantitative estimate of drug-likeness (QED) is 0.572. The van der Waals surface area contributed by atoms with Crippen LogP contribution in [-0.2, 0) is 14.3 Å². The van der Waals surface area contributed by atoms with E-state index < -0.39 is 30.5 Å². The Morgan fingerprint density at radius 2 is 2.12 bits per heavy atom. The van der Waals surface area contributed by atoms with Crippen LogP contribution in [0.3, 0.4) is 0 Å². The second kappa shape index (κ2) is 6.44. The van der Waals surface area contributed by atoms with E-state index in [0.29, 0.717) is 17.0 Å². The maximum atomic E-state index is 11.0. The molecule has 3 aromatic rings. The molecule has 0 bridgehead atoms. The van der Waals surface area contributed by atoms with Crippen molar-refractivity contribution in [2.75, 3.05) is 6.61 Å². The number of aromatic nitrogens is 6. The monoisotopic (exact) mass is 360 g/mol. The molecule has 1 aliphatic rings. The molecule has 2 N–H and O–H groups in total. The first-order chi connectivity index (χ1) is 12.6. The summed E-state index contributed by atoms with van der Waals surface area (Å²) in [6.45, 7) is 1.10. The Hall–Kier alpha value is -2.89. The molecule has 26 heavy (non-hydrogen) atoms. The fourth-order valence-corrected chi connectivity index (χ4v) is 2.90. The zero-order chi connectivity index (χ0) is 18.3. The summed E-state index contributed by atoms with van der Waals surface area (Å²) in [7, 11) is 0. The normalized spacial score (nSPS) is 25.7. The molecule has 0 aromatic carbocycles. The maximum absolute atomic E-state index is 11.0. The lowest BCUT2D eigenvalue weighted by molar-refractivity contribution is -0.147. The van der Waals surface area contributed by atoms with E-state index in [2.05, 4.69) is 19.9 Å². The highest BCUT2D eigenvalue weighted by molar-refractivity contribution is 5.78. The average molecular weight is 360 g/mol. The summed E-state index contributed by atoms with van der Waals surface area (Å²) in [6, 6.07) is 0. The van der Waals surface area contributed by atoms with E-state index in [9.17, 15) is 15.0 Å². The molecule has 1 fully saturated rings. The summed E-state index contributed by atoms with van der Waals surface area (Å²) >= 11 is 0. The number of nitrogens with zero attached hydrogens (tertiary/aromatic N) is 6. The lowest BCUT2D eigenvalue weighted by atomic mass is 10.1. The first kappa shape index (κ1) is 16.6. The van der Waals surface area contributed by atoms with Crippen LogP contribution in [0.5, 0.6) is 0 Å². The Kier molecular flexibility index (Phi) is 4.11. The molecule has 11 nitrogen and oxygen atoms in total. The summed E-state index contributed by atoms with van der Waals surface area (Å²) < 4.78 is 13.8. The van der Waals surface area contributed by atoms with Crippen LogP contribution >= 0.6 is 0 Å². The summed E-state index contributed by atoms with van der Waals surface area (Å²) in [5, 5.41) is 20.5. The van der Waals surface area contributed by atoms with Gasteiger partial charge in [0.25, 0.3) is 0 Å². The minimum Gasteiger partial charge on any atom is -0.463 e. The molecule has 4 heterocycles. The predicted octanol–water partition coefficient (Wildman–Crippen LogP) is -0.806. The standard InChI is InChI=1S/C15H16N6O5/c1-8(22)25-4-9-11(23)12(24)15(26-9)21-7-19-10-13(17-5-18-14(10)21)20-3-2-16-6-20/h2-3,5-7,9,11-12,15,23-24H,4H2,1H3/t9-,11-,12-,15-/m1/s1. The van der Waals surface area contributed by atoms with Crippen LogP contribution in [0.25, 0.3) is 17.0 Å². The fraction of sp³-hybridized carbons (Fsp3) is 0.400. The topological polar surface area (TPSA) is 137 Å². The van der Waals surface area contributed by atoms with Crippen LogP contribution in [0.1, 0.15) is 13.2 Å². The van der Waals surface area contributed by atoms with Gasteiger partial charge in [-0.1, -0.05) is 0 Å². The summed E-state index contributed by atoms with van der Waals surface area (Å²) in [5.74, 6) is 0.0280. The minimum absolute atomic E-state index is 0.161. The Morgan fingerprint density at radius 3 is 2.85 bits per heavy atom. The largest absolute Gasteiger partial charge is 0.463 e. The highest BCUT2D eigenvalue weighted by Crippen LogP contribution is 2.32. The van der Waals surface area contributed by atoms with E-state index in [1.165, 1.54) is 24.1 Å². The average Bonchev–Trinajstić information content (AvgIpc) is 3.34. The van der Waals surface area contributed by atoms with Crippen molar-refractivity contribution < 1.29 is 24.5 Å². The zero-order valence-corrected chi connectivity index (χ0v) is 13.7. The van der Waals surface area contributed by atoms with Gasteiger partial charge in [0.15, 0.2) is 23.2 Å². The van der Waals surface area contributed by atoms with Crippen molar-refractivity contribution in [1.29, 1.82) is 0 Å². The van der Waals surface area contributed by atoms with Crippen molar-refractivity contribution in [3.63, 3.8) is 0 Å². The molecule has 11 heteroatoms. The molecule has 0 amide bonds. The Labute approximate surface area is 146 Å². The molecule has 4 atom stereocenters. The molecule has 0 unspecified atom stereocenters. The second-order valence-corrected chi connectivity index (χ2v) is 5.84. The highest BCUT2D eigenvalue weighted by Gasteiger charge is 2.44. The van der Waals surface area contributed by atoms with E-state index in [4.69, 9.17) is 9.47 Å². The van der Waals surface area contributed by atoms with E-state index in [1.807, 2.05) is 0 Å². The van der Waals surface area contributed by atoms with Crippen molar-refractivity contribution in [3.05, 3.63) is 31.4 Å². The molecular formula is C15H16N6O5. The van der Waals surface area contributed by atoms with Gasteiger partial charge in [-0.25, -0.2) is 19.9 Å². The molecule has 1 saturated heterocycles. The molecule has 1 aliphatic heterocycles. The number of carbonyl (C=O) groups is 1. The molecule has 0 spiro atoms. The number of esters is 1. The van der Waals surface area contributed by atoms with Crippen LogP contribution in [0.4, 0.5) is 0 Å². The van der Waals surface area contributed by atoms with Crippen LogP contribution in [-0.4, -0.2) is 70.2 Å². The second-order valence-electron chi connectivity index (χ2n) is 5.84. The molecule has 3 aromatic heterocycles. The Morgan fingerprint density at radius 1 is 1.27 bits per heavy atom. The van der Waals surface area contributed by atoms with Gasteiger partial charge in [-0.05, 0) is 0 Å². The van der Waals surface area contributed by atoms with Gasteiger partial charge in [0.05, 0.1) is 6.33 Å². The SMILES string of the molecule is CC(=O)OC[C@H]1O[C@@H](n2cnc3c(-n4ccnc4)ncnc32)[C@H](O)[C@@H]1O. The third-order valence-corrected chi connectivity index (χ3v) is 4.15. The van der Waals surface area contributed by atoms with E-state index in [1.54, 1.807) is 23.3 Å². The van der Waals surface area contributed by atoms with Crippen molar-refractivity contribution >= 4 is 17.1 Å². The highest BCUT2D eigenvalue weighted by atomic mass is 16.6. The van der Waals surface area contributed by atoms with Crippen LogP contribution < -0.4 is 0 Å². The van der Waals surface area contributed by atoms with Crippen molar-refractivity contribution in [3.8, 4) is 5.82 Å². The minimum atomic E-state index is -1.24. The first-order valence-electron chi connectivity index (χ1n) is 7.87. The van der Waals surface area contributed by atoms with E-state index >= 15 is 0 Å². The predicted molar refractivity (Wildman–Crippen MR) is 85.0 cm³/mol. The summed E-state index contributed by atoms with van der Waals surface area (Å²) in [4.78, 5) is 27.7. The van der Waals surface area contributed by atoms with Gasteiger partial charge in [-0.2, -0.15) is 0 Å². The summed E-state index contributed by atoms with van der Waals surface area (Å²) in [6.07, 6.45) is 3.50. The smallest absolute Gasteiger partial charge is 0.302 e. The first-order valence-corrected chi connectivity index (χ1v) is 7.87. The third-order valence-electron chi connectivity index (χ3n) is 4.15. The molecule has 0 aliphatic carbocycles. The number of aliphatic hydroxyl groups excluding tert-OH is 2. The maximum Gasteiger partial charge on any atom is 0.302 e. The van der Waals surface area contributed by atoms with Crippen molar-refractivity contribution in [2.45, 2.75) is 31.5 Å². The van der Waals surface area contributed by atoms with Gasteiger partial charge < -0.3 is 19.7 Å². The van der Waals surface area contributed by atoms with Gasteiger partial charge in [-0.3, -0.25) is 13.9 Å². The summed E-state index contributed by atoms with van der Waals surface area (Å²) in [5.41, 5.74) is 0.910. The van der Waals surface area contributed by atoms with Gasteiger partial charge in [0, 0.05) is 19.3 Å².